The van der Waals surface area contributed by atoms with Gasteiger partial charge < -0.3 is 10.8 Å². The molecule has 0 fully saturated rings. The van der Waals surface area contributed by atoms with Crippen molar-refractivity contribution in [2.75, 3.05) is 5.73 Å². The van der Waals surface area contributed by atoms with E-state index in [1.165, 1.54) is 12.3 Å². The summed E-state index contributed by atoms with van der Waals surface area (Å²) in [6.07, 6.45) is 1.17. The molecule has 1 aromatic carbocycles. The molecule has 0 aliphatic rings. The Hall–Kier alpha value is -1.49. The Morgan fingerprint density at radius 2 is 1.84 bits per heavy atom. The van der Waals surface area contributed by atoms with Gasteiger partial charge in [0.25, 0.3) is 0 Å². The number of nitrogens with zero attached hydrogens (tertiary/aromatic N) is 1. The fourth-order valence-electron chi connectivity index (χ4n) is 1.54. The van der Waals surface area contributed by atoms with Crippen molar-refractivity contribution >= 4 is 46.6 Å². The molecular formula is C12H7Cl3N2O2. The summed E-state index contributed by atoms with van der Waals surface area (Å²) in [5.41, 5.74) is 6.61. The second kappa shape index (κ2) is 5.25. The van der Waals surface area contributed by atoms with Crippen molar-refractivity contribution in [1.29, 1.82) is 0 Å². The van der Waals surface area contributed by atoms with Crippen LogP contribution >= 0.6 is 34.8 Å². The molecule has 4 nitrogen and oxygen atoms in total. The number of hydrogen-bond acceptors (Lipinski definition) is 3. The van der Waals surface area contributed by atoms with E-state index in [1.807, 2.05) is 0 Å². The van der Waals surface area contributed by atoms with Crippen LogP contribution in [0.5, 0.6) is 0 Å². The number of halogens is 3. The minimum Gasteiger partial charge on any atom is -0.478 e. The molecule has 2 aromatic rings. The van der Waals surface area contributed by atoms with Crippen LogP contribution in [0, 0.1) is 0 Å². The van der Waals surface area contributed by atoms with Gasteiger partial charge in [-0.05, 0) is 12.1 Å². The van der Waals surface area contributed by atoms with E-state index in [-0.39, 0.29) is 21.4 Å². The molecule has 0 spiro atoms. The van der Waals surface area contributed by atoms with Gasteiger partial charge in [-0.3, -0.25) is 0 Å². The molecule has 0 amide bonds. The average Bonchev–Trinajstić information content (AvgIpc) is 2.37. The van der Waals surface area contributed by atoms with Crippen molar-refractivity contribution in [3.8, 4) is 11.1 Å². The van der Waals surface area contributed by atoms with Gasteiger partial charge in [0.05, 0.1) is 20.6 Å². The number of hydrogen-bond donors (Lipinski definition) is 2. The van der Waals surface area contributed by atoms with Crippen molar-refractivity contribution in [3.63, 3.8) is 0 Å². The fraction of sp³-hybridized carbons (Fsp3) is 0. The quantitative estimate of drug-likeness (QED) is 0.821. The van der Waals surface area contributed by atoms with E-state index in [9.17, 15) is 4.79 Å². The zero-order valence-electron chi connectivity index (χ0n) is 9.32. The van der Waals surface area contributed by atoms with E-state index in [4.69, 9.17) is 45.6 Å². The first-order valence-electron chi connectivity index (χ1n) is 5.04. The molecule has 1 heterocycles. The lowest BCUT2D eigenvalue weighted by molar-refractivity contribution is 0.0696. The number of anilines is 1. The van der Waals surface area contributed by atoms with E-state index in [1.54, 1.807) is 12.1 Å². The Morgan fingerprint density at radius 1 is 1.16 bits per heavy atom. The fourth-order valence-corrected chi connectivity index (χ4v) is 2.18. The van der Waals surface area contributed by atoms with E-state index < -0.39 is 5.97 Å². The van der Waals surface area contributed by atoms with Crippen LogP contribution < -0.4 is 5.73 Å². The molecule has 98 valence electrons. The minimum atomic E-state index is -1.11. The maximum Gasteiger partial charge on any atom is 0.337 e. The molecule has 7 heteroatoms. The SMILES string of the molecule is Nc1ncc(C(=O)O)cc1-c1ccc(Cl)c(Cl)c1Cl. The lowest BCUT2D eigenvalue weighted by atomic mass is 10.0. The first kappa shape index (κ1) is 13.9. The van der Waals surface area contributed by atoms with Gasteiger partial charge in [0.15, 0.2) is 0 Å². The summed E-state index contributed by atoms with van der Waals surface area (Å²) in [4.78, 5) is 14.8. The van der Waals surface area contributed by atoms with Gasteiger partial charge in [-0.15, -0.1) is 0 Å². The maximum absolute atomic E-state index is 10.9. The number of carbonyl (C=O) groups is 1. The van der Waals surface area contributed by atoms with Gasteiger partial charge in [-0.2, -0.15) is 0 Å². The van der Waals surface area contributed by atoms with Crippen molar-refractivity contribution in [2.24, 2.45) is 0 Å². The molecule has 2 rings (SSSR count). The smallest absolute Gasteiger partial charge is 0.337 e. The highest BCUT2D eigenvalue weighted by Crippen LogP contribution is 2.39. The summed E-state index contributed by atoms with van der Waals surface area (Å²) in [6.45, 7) is 0. The van der Waals surface area contributed by atoms with Gasteiger partial charge in [-0.25, -0.2) is 9.78 Å². The summed E-state index contributed by atoms with van der Waals surface area (Å²) in [7, 11) is 0. The number of carboxylic acids is 1. The number of rotatable bonds is 2. The molecule has 0 saturated heterocycles. The first-order chi connectivity index (χ1) is 8.91. The van der Waals surface area contributed by atoms with Crippen LogP contribution in [0.4, 0.5) is 5.82 Å². The predicted octanol–water partition coefficient (Wildman–Crippen LogP) is 3.99. The molecule has 0 aliphatic carbocycles. The second-order valence-electron chi connectivity index (χ2n) is 3.68. The van der Waals surface area contributed by atoms with Gasteiger partial charge in [0.2, 0.25) is 0 Å². The van der Waals surface area contributed by atoms with Crippen LogP contribution in [0.15, 0.2) is 24.4 Å². The topological polar surface area (TPSA) is 76.2 Å². The van der Waals surface area contributed by atoms with Crippen LogP contribution in [0.1, 0.15) is 10.4 Å². The normalized spacial score (nSPS) is 10.5. The zero-order valence-corrected chi connectivity index (χ0v) is 11.6. The molecule has 0 aliphatic heterocycles. The molecule has 3 N–H and O–H groups in total. The van der Waals surface area contributed by atoms with Crippen LogP contribution in [-0.2, 0) is 0 Å². The Kier molecular flexibility index (Phi) is 3.85. The lowest BCUT2D eigenvalue weighted by Crippen LogP contribution is -2.01. The number of pyridine rings is 1. The molecule has 0 unspecified atom stereocenters. The van der Waals surface area contributed by atoms with Crippen molar-refractivity contribution in [2.45, 2.75) is 0 Å². The number of benzene rings is 1. The second-order valence-corrected chi connectivity index (χ2v) is 4.85. The molecule has 1 aromatic heterocycles. The van der Waals surface area contributed by atoms with Crippen molar-refractivity contribution in [3.05, 3.63) is 45.0 Å². The average molecular weight is 318 g/mol. The lowest BCUT2D eigenvalue weighted by Gasteiger charge is -2.10. The Labute approximate surface area is 123 Å². The first-order valence-corrected chi connectivity index (χ1v) is 6.18. The summed E-state index contributed by atoms with van der Waals surface area (Å²) in [5.74, 6) is -0.949. The Balaban J connectivity index is 2.68. The number of aromatic carboxylic acids is 1. The van der Waals surface area contributed by atoms with E-state index in [0.29, 0.717) is 16.1 Å². The van der Waals surface area contributed by atoms with E-state index >= 15 is 0 Å². The summed E-state index contributed by atoms with van der Waals surface area (Å²) >= 11 is 17.9. The minimum absolute atomic E-state index is 0.00587. The molecule has 0 atom stereocenters. The molecule has 19 heavy (non-hydrogen) atoms. The molecule has 0 saturated carbocycles. The summed E-state index contributed by atoms with van der Waals surface area (Å²) in [5, 5.41) is 9.64. The molecule has 0 radical (unpaired) electrons. The number of nitrogens with two attached hydrogens (primary N) is 1. The van der Waals surface area contributed by atoms with Crippen molar-refractivity contribution in [1.82, 2.24) is 4.98 Å². The molecular weight excluding hydrogens is 311 g/mol. The van der Waals surface area contributed by atoms with Crippen LogP contribution in [0.3, 0.4) is 0 Å². The zero-order chi connectivity index (χ0) is 14.2. The van der Waals surface area contributed by atoms with E-state index in [0.717, 1.165) is 0 Å². The van der Waals surface area contributed by atoms with Crippen LogP contribution in [-0.4, -0.2) is 16.1 Å². The van der Waals surface area contributed by atoms with Crippen LogP contribution in [0.25, 0.3) is 11.1 Å². The standard InChI is InChI=1S/C12H7Cl3N2O2/c13-8-2-1-6(9(14)10(8)15)7-3-5(12(18)19)4-17-11(7)16/h1-4H,(H2,16,17)(H,18,19). The van der Waals surface area contributed by atoms with Crippen molar-refractivity contribution < 1.29 is 9.90 Å². The van der Waals surface area contributed by atoms with Gasteiger partial charge in [-0.1, -0.05) is 40.9 Å². The van der Waals surface area contributed by atoms with Gasteiger partial charge in [0.1, 0.15) is 5.82 Å². The van der Waals surface area contributed by atoms with Crippen LogP contribution in [0.2, 0.25) is 15.1 Å². The molecule has 0 bridgehead atoms. The largest absolute Gasteiger partial charge is 0.478 e. The Morgan fingerprint density at radius 3 is 2.47 bits per heavy atom. The third kappa shape index (κ3) is 2.61. The summed E-state index contributed by atoms with van der Waals surface area (Å²) in [6, 6.07) is 4.55. The third-order valence-electron chi connectivity index (χ3n) is 2.49. The highest BCUT2D eigenvalue weighted by atomic mass is 35.5. The number of carboxylic acid groups (broad SMARTS) is 1. The van der Waals surface area contributed by atoms with E-state index in [2.05, 4.69) is 4.98 Å². The Bertz CT molecular complexity index is 674. The maximum atomic E-state index is 10.9. The monoisotopic (exact) mass is 316 g/mol. The third-order valence-corrected chi connectivity index (χ3v) is 3.78. The number of aromatic nitrogens is 1. The highest BCUT2D eigenvalue weighted by molar-refractivity contribution is 6.49. The predicted molar refractivity (Wildman–Crippen MR) is 76.1 cm³/mol. The van der Waals surface area contributed by atoms with Gasteiger partial charge >= 0.3 is 5.97 Å². The summed E-state index contributed by atoms with van der Waals surface area (Å²) < 4.78 is 0. The number of nitrogen functional groups attached to an aromatic ring is 1. The highest BCUT2D eigenvalue weighted by Gasteiger charge is 2.15. The van der Waals surface area contributed by atoms with Gasteiger partial charge in [0, 0.05) is 17.3 Å².